The van der Waals surface area contributed by atoms with Crippen LogP contribution >= 0.6 is 0 Å². The van der Waals surface area contributed by atoms with Crippen molar-refractivity contribution in [3.63, 3.8) is 0 Å². The molecule has 0 bridgehead atoms. The van der Waals surface area contributed by atoms with Crippen LogP contribution in [0.15, 0.2) is 24.3 Å². The predicted octanol–water partition coefficient (Wildman–Crippen LogP) is 2.97. The molecule has 5 heteroatoms. The van der Waals surface area contributed by atoms with Crippen molar-refractivity contribution in [2.75, 3.05) is 0 Å². The first-order valence-electron chi connectivity index (χ1n) is 4.79. The van der Waals surface area contributed by atoms with Crippen molar-refractivity contribution in [3.05, 3.63) is 35.4 Å². The summed E-state index contributed by atoms with van der Waals surface area (Å²) in [5.74, 6) is 0. The maximum absolute atomic E-state index is 13.2. The second-order valence-corrected chi connectivity index (χ2v) is 3.62. The molecule has 1 rings (SSSR count). The molecule has 0 heterocycles. The van der Waals surface area contributed by atoms with E-state index >= 15 is 0 Å². The highest BCUT2D eigenvalue weighted by atomic mass is 19.4. The Balaban J connectivity index is 2.96. The first-order valence-corrected chi connectivity index (χ1v) is 4.79. The number of alkyl halides is 4. The number of benzene rings is 1. The van der Waals surface area contributed by atoms with Crippen LogP contribution in [-0.4, -0.2) is 17.4 Å². The lowest BCUT2D eigenvalue weighted by molar-refractivity contribution is -0.138. The Bertz CT molecular complexity index is 346. The van der Waals surface area contributed by atoms with E-state index in [2.05, 4.69) is 0 Å². The van der Waals surface area contributed by atoms with Gasteiger partial charge in [-0.1, -0.05) is 18.2 Å². The maximum atomic E-state index is 13.2. The third kappa shape index (κ3) is 3.20. The van der Waals surface area contributed by atoms with Crippen LogP contribution in [0.5, 0.6) is 0 Å². The summed E-state index contributed by atoms with van der Waals surface area (Å²) in [5.41, 5.74) is -0.985. The van der Waals surface area contributed by atoms with E-state index in [-0.39, 0.29) is 5.56 Å². The molecule has 0 spiro atoms. The van der Waals surface area contributed by atoms with Crippen molar-refractivity contribution in [2.45, 2.75) is 31.8 Å². The van der Waals surface area contributed by atoms with E-state index in [4.69, 9.17) is 5.11 Å². The number of hydrogen-bond acceptors (Lipinski definition) is 1. The van der Waals surface area contributed by atoms with Gasteiger partial charge in [-0.2, -0.15) is 13.2 Å². The van der Waals surface area contributed by atoms with Gasteiger partial charge in [-0.25, -0.2) is 4.39 Å². The van der Waals surface area contributed by atoms with Crippen molar-refractivity contribution in [1.82, 2.24) is 0 Å². The number of aliphatic hydroxyl groups excluding tert-OH is 1. The number of halogens is 4. The smallest absolute Gasteiger partial charge is 0.390 e. The summed E-state index contributed by atoms with van der Waals surface area (Å²) in [5, 5.41) is 8.92. The predicted molar refractivity (Wildman–Crippen MR) is 51.7 cm³/mol. The Morgan fingerprint density at radius 1 is 1.25 bits per heavy atom. The van der Waals surface area contributed by atoms with Crippen molar-refractivity contribution >= 4 is 0 Å². The van der Waals surface area contributed by atoms with E-state index in [0.717, 1.165) is 6.07 Å². The van der Waals surface area contributed by atoms with Gasteiger partial charge in [-0.3, -0.25) is 0 Å². The SMILES string of the molecule is CC(O)C(F)Cc1ccccc1C(F)(F)F. The second kappa shape index (κ2) is 4.82. The van der Waals surface area contributed by atoms with Gasteiger partial charge in [-0.15, -0.1) is 0 Å². The third-order valence-electron chi connectivity index (χ3n) is 2.26. The summed E-state index contributed by atoms with van der Waals surface area (Å²) in [6.45, 7) is 1.21. The van der Waals surface area contributed by atoms with Gasteiger partial charge in [0, 0.05) is 6.42 Å². The molecular formula is C11H12F4O. The van der Waals surface area contributed by atoms with Crippen LogP contribution < -0.4 is 0 Å². The highest BCUT2D eigenvalue weighted by molar-refractivity contribution is 5.30. The minimum absolute atomic E-state index is 0.136. The van der Waals surface area contributed by atoms with E-state index in [1.54, 1.807) is 0 Å². The molecule has 1 nitrogen and oxygen atoms in total. The number of aliphatic hydroxyl groups is 1. The Hall–Kier alpha value is -1.10. The first-order chi connectivity index (χ1) is 7.32. The summed E-state index contributed by atoms with van der Waals surface area (Å²) in [7, 11) is 0. The van der Waals surface area contributed by atoms with Crippen LogP contribution in [0, 0.1) is 0 Å². The van der Waals surface area contributed by atoms with Gasteiger partial charge >= 0.3 is 6.18 Å². The number of rotatable bonds is 3. The molecule has 0 radical (unpaired) electrons. The van der Waals surface area contributed by atoms with E-state index < -0.39 is 30.4 Å². The molecule has 0 aromatic heterocycles. The highest BCUT2D eigenvalue weighted by Gasteiger charge is 2.33. The average Bonchev–Trinajstić information content (AvgIpc) is 2.16. The lowest BCUT2D eigenvalue weighted by atomic mass is 10.00. The Kier molecular flexibility index (Phi) is 3.91. The molecule has 0 fully saturated rings. The average molecular weight is 236 g/mol. The normalized spacial score (nSPS) is 15.9. The van der Waals surface area contributed by atoms with Crippen LogP contribution in [0.25, 0.3) is 0 Å². The molecule has 0 saturated carbocycles. The van der Waals surface area contributed by atoms with E-state index in [9.17, 15) is 17.6 Å². The molecule has 1 aromatic carbocycles. The number of hydrogen-bond donors (Lipinski definition) is 1. The Morgan fingerprint density at radius 2 is 1.81 bits per heavy atom. The minimum Gasteiger partial charge on any atom is -0.390 e. The summed E-state index contributed by atoms with van der Waals surface area (Å²) >= 11 is 0. The zero-order valence-electron chi connectivity index (χ0n) is 8.63. The van der Waals surface area contributed by atoms with Gasteiger partial charge in [0.25, 0.3) is 0 Å². The molecule has 2 atom stereocenters. The van der Waals surface area contributed by atoms with Gasteiger partial charge in [0.05, 0.1) is 11.7 Å². The van der Waals surface area contributed by atoms with Crippen molar-refractivity contribution in [2.24, 2.45) is 0 Å². The van der Waals surface area contributed by atoms with Crippen LogP contribution in [0.4, 0.5) is 17.6 Å². The van der Waals surface area contributed by atoms with Crippen molar-refractivity contribution in [3.8, 4) is 0 Å². The summed E-state index contributed by atoms with van der Waals surface area (Å²) in [6, 6.07) is 4.79. The zero-order valence-corrected chi connectivity index (χ0v) is 8.63. The lowest BCUT2D eigenvalue weighted by Crippen LogP contribution is -2.22. The summed E-state index contributed by atoms with van der Waals surface area (Å²) in [6.07, 6.45) is -7.90. The molecule has 1 aromatic rings. The van der Waals surface area contributed by atoms with Crippen molar-refractivity contribution in [1.29, 1.82) is 0 Å². The third-order valence-corrected chi connectivity index (χ3v) is 2.26. The molecular weight excluding hydrogens is 224 g/mol. The molecule has 2 unspecified atom stereocenters. The Labute approximate surface area is 90.7 Å². The maximum Gasteiger partial charge on any atom is 0.416 e. The zero-order chi connectivity index (χ0) is 12.3. The minimum atomic E-state index is -4.49. The molecule has 0 aliphatic rings. The molecule has 0 saturated heterocycles. The van der Waals surface area contributed by atoms with Gasteiger partial charge in [0.1, 0.15) is 6.17 Å². The summed E-state index contributed by atoms with van der Waals surface area (Å²) in [4.78, 5) is 0. The monoisotopic (exact) mass is 236 g/mol. The van der Waals surface area contributed by atoms with E-state index in [0.29, 0.717) is 0 Å². The standard InChI is InChI=1S/C11H12F4O/c1-7(16)10(12)6-8-4-2-3-5-9(8)11(13,14)15/h2-5,7,10,16H,6H2,1H3. The molecule has 0 aliphatic carbocycles. The van der Waals surface area contributed by atoms with Crippen LogP contribution in [-0.2, 0) is 12.6 Å². The van der Waals surface area contributed by atoms with Crippen LogP contribution in [0.1, 0.15) is 18.1 Å². The molecule has 1 N–H and O–H groups in total. The van der Waals surface area contributed by atoms with E-state index in [1.807, 2.05) is 0 Å². The Morgan fingerprint density at radius 3 is 2.31 bits per heavy atom. The highest BCUT2D eigenvalue weighted by Crippen LogP contribution is 2.32. The van der Waals surface area contributed by atoms with E-state index in [1.165, 1.54) is 25.1 Å². The largest absolute Gasteiger partial charge is 0.416 e. The van der Waals surface area contributed by atoms with Crippen LogP contribution in [0.2, 0.25) is 0 Å². The molecule has 16 heavy (non-hydrogen) atoms. The fraction of sp³-hybridized carbons (Fsp3) is 0.455. The second-order valence-electron chi connectivity index (χ2n) is 3.62. The molecule has 0 amide bonds. The molecule has 90 valence electrons. The molecule has 0 aliphatic heterocycles. The topological polar surface area (TPSA) is 20.2 Å². The van der Waals surface area contributed by atoms with Crippen LogP contribution in [0.3, 0.4) is 0 Å². The summed E-state index contributed by atoms with van der Waals surface area (Å²) < 4.78 is 50.7. The first kappa shape index (κ1) is 13.0. The van der Waals surface area contributed by atoms with Gasteiger partial charge in [0.15, 0.2) is 0 Å². The van der Waals surface area contributed by atoms with Gasteiger partial charge < -0.3 is 5.11 Å². The van der Waals surface area contributed by atoms with Gasteiger partial charge in [0.2, 0.25) is 0 Å². The van der Waals surface area contributed by atoms with Crippen molar-refractivity contribution < 1.29 is 22.7 Å². The van der Waals surface area contributed by atoms with Gasteiger partial charge in [-0.05, 0) is 18.6 Å². The fourth-order valence-corrected chi connectivity index (χ4v) is 1.36. The quantitative estimate of drug-likeness (QED) is 0.800. The lowest BCUT2D eigenvalue weighted by Gasteiger charge is -2.15. The fourth-order valence-electron chi connectivity index (χ4n) is 1.36.